The van der Waals surface area contributed by atoms with Crippen molar-refractivity contribution < 1.29 is 19.1 Å². The number of esters is 1. The average molecular weight is 367 g/mol. The zero-order chi connectivity index (χ0) is 19.2. The third-order valence-corrected chi connectivity index (χ3v) is 3.66. The molecule has 3 rings (SSSR count). The van der Waals surface area contributed by atoms with Crippen molar-refractivity contribution in [1.82, 2.24) is 25.2 Å². The Morgan fingerprint density at radius 1 is 1.15 bits per heavy atom. The molecule has 1 aromatic carbocycles. The van der Waals surface area contributed by atoms with Gasteiger partial charge in [-0.2, -0.15) is 5.10 Å². The van der Waals surface area contributed by atoms with Crippen LogP contribution in [0.3, 0.4) is 0 Å². The van der Waals surface area contributed by atoms with Gasteiger partial charge in [-0.25, -0.2) is 19.1 Å². The van der Waals surface area contributed by atoms with Gasteiger partial charge in [-0.1, -0.05) is 30.3 Å². The molecule has 2 N–H and O–H groups in total. The van der Waals surface area contributed by atoms with Crippen LogP contribution < -0.4 is 10.6 Å². The normalized spacial score (nSPS) is 10.4. The van der Waals surface area contributed by atoms with Crippen LogP contribution in [-0.2, 0) is 16.1 Å². The Morgan fingerprint density at radius 2 is 1.93 bits per heavy atom. The summed E-state index contributed by atoms with van der Waals surface area (Å²) in [5.41, 5.74) is 1.83. The standard InChI is InChI=1S/C18H17N5O4/c1-12-15(16-19-8-5-9-23(16)22-12)17(25)27-11-14(24)21-18(26)20-10-13-6-3-2-4-7-13/h2-9H,10-11H2,1H3,(H2,20,21,24,26). The summed E-state index contributed by atoms with van der Waals surface area (Å²) in [4.78, 5) is 39.9. The maximum atomic E-state index is 12.2. The van der Waals surface area contributed by atoms with Crippen LogP contribution in [0.15, 0.2) is 48.8 Å². The van der Waals surface area contributed by atoms with Crippen molar-refractivity contribution >= 4 is 23.6 Å². The summed E-state index contributed by atoms with van der Waals surface area (Å²) in [6.07, 6.45) is 3.17. The van der Waals surface area contributed by atoms with Crippen LogP contribution in [0.2, 0.25) is 0 Å². The molecule has 9 heteroatoms. The molecule has 0 atom stereocenters. The van der Waals surface area contributed by atoms with Crippen LogP contribution in [0.25, 0.3) is 5.65 Å². The van der Waals surface area contributed by atoms with E-state index in [1.807, 2.05) is 30.3 Å². The Morgan fingerprint density at radius 3 is 2.70 bits per heavy atom. The number of hydrogen-bond acceptors (Lipinski definition) is 6. The number of hydrogen-bond donors (Lipinski definition) is 2. The van der Waals surface area contributed by atoms with Gasteiger partial charge in [0, 0.05) is 18.9 Å². The quantitative estimate of drug-likeness (QED) is 0.655. The molecule has 2 heterocycles. The smallest absolute Gasteiger partial charge is 0.344 e. The number of urea groups is 1. The Kier molecular flexibility index (Phi) is 5.41. The van der Waals surface area contributed by atoms with Crippen LogP contribution in [0.5, 0.6) is 0 Å². The van der Waals surface area contributed by atoms with E-state index >= 15 is 0 Å². The van der Waals surface area contributed by atoms with Gasteiger partial charge in [0.15, 0.2) is 12.3 Å². The SMILES string of the molecule is Cc1nn2cccnc2c1C(=O)OCC(=O)NC(=O)NCc1ccccc1. The van der Waals surface area contributed by atoms with Gasteiger partial charge in [0.1, 0.15) is 5.56 Å². The van der Waals surface area contributed by atoms with Gasteiger partial charge < -0.3 is 10.1 Å². The van der Waals surface area contributed by atoms with Gasteiger partial charge in [0.25, 0.3) is 5.91 Å². The number of fused-ring (bicyclic) bond motifs is 1. The maximum Gasteiger partial charge on any atom is 0.344 e. The van der Waals surface area contributed by atoms with Crippen LogP contribution in [0.1, 0.15) is 21.6 Å². The second kappa shape index (κ2) is 8.09. The van der Waals surface area contributed by atoms with E-state index < -0.39 is 24.5 Å². The Hall–Kier alpha value is -3.75. The first kappa shape index (κ1) is 18.1. The Labute approximate surface area is 154 Å². The van der Waals surface area contributed by atoms with Gasteiger partial charge in [-0.3, -0.25) is 10.1 Å². The van der Waals surface area contributed by atoms with Gasteiger partial charge in [-0.05, 0) is 18.6 Å². The molecule has 0 aliphatic heterocycles. The maximum absolute atomic E-state index is 12.2. The lowest BCUT2D eigenvalue weighted by atomic mass is 10.2. The number of carbonyl (C=O) groups excluding carboxylic acids is 3. The van der Waals surface area contributed by atoms with Crippen molar-refractivity contribution in [2.45, 2.75) is 13.5 Å². The molecular weight excluding hydrogens is 350 g/mol. The lowest BCUT2D eigenvalue weighted by molar-refractivity contribution is -0.123. The number of aromatic nitrogens is 3. The van der Waals surface area contributed by atoms with Crippen molar-refractivity contribution in [2.75, 3.05) is 6.61 Å². The zero-order valence-electron chi connectivity index (χ0n) is 14.5. The molecule has 0 spiro atoms. The summed E-state index contributed by atoms with van der Waals surface area (Å²) in [6.45, 7) is 1.32. The number of benzene rings is 1. The first-order valence-corrected chi connectivity index (χ1v) is 8.13. The van der Waals surface area contributed by atoms with Crippen molar-refractivity contribution in [2.24, 2.45) is 0 Å². The molecule has 0 aliphatic rings. The fraction of sp³-hybridized carbons (Fsp3) is 0.167. The Balaban J connectivity index is 1.50. The van der Waals surface area contributed by atoms with Gasteiger partial charge in [-0.15, -0.1) is 0 Å². The van der Waals surface area contributed by atoms with Crippen LogP contribution in [-0.4, -0.2) is 39.1 Å². The van der Waals surface area contributed by atoms with Gasteiger partial charge >= 0.3 is 12.0 Å². The minimum atomic E-state index is -0.740. The van der Waals surface area contributed by atoms with Crippen molar-refractivity contribution in [3.63, 3.8) is 0 Å². The average Bonchev–Trinajstić information content (AvgIpc) is 3.01. The third kappa shape index (κ3) is 4.46. The molecule has 0 fully saturated rings. The molecule has 2 aromatic heterocycles. The number of aryl methyl sites for hydroxylation is 1. The van der Waals surface area contributed by atoms with Crippen molar-refractivity contribution in [3.05, 3.63) is 65.6 Å². The topological polar surface area (TPSA) is 115 Å². The molecule has 0 unspecified atom stereocenters. The molecule has 0 aliphatic carbocycles. The largest absolute Gasteiger partial charge is 0.452 e. The monoisotopic (exact) mass is 367 g/mol. The first-order chi connectivity index (χ1) is 13.0. The number of imide groups is 1. The van der Waals surface area contributed by atoms with E-state index in [9.17, 15) is 14.4 Å². The highest BCUT2D eigenvalue weighted by Gasteiger charge is 2.20. The fourth-order valence-corrected chi connectivity index (χ4v) is 2.42. The first-order valence-electron chi connectivity index (χ1n) is 8.13. The summed E-state index contributed by atoms with van der Waals surface area (Å²) in [5, 5.41) is 8.80. The van der Waals surface area contributed by atoms with Crippen LogP contribution in [0.4, 0.5) is 4.79 Å². The molecule has 3 aromatic rings. The number of carbonyl (C=O) groups is 3. The summed E-state index contributed by atoms with van der Waals surface area (Å²) < 4.78 is 6.42. The molecule has 0 bridgehead atoms. The predicted octanol–water partition coefficient (Wildman–Crippen LogP) is 1.22. The van der Waals surface area contributed by atoms with E-state index in [-0.39, 0.29) is 12.1 Å². The lowest BCUT2D eigenvalue weighted by Gasteiger charge is -2.07. The van der Waals surface area contributed by atoms with E-state index in [0.717, 1.165) is 5.56 Å². The molecule has 0 radical (unpaired) electrons. The Bertz CT molecular complexity index is 984. The minimum absolute atomic E-state index is 0.178. The molecule has 138 valence electrons. The molecule has 27 heavy (non-hydrogen) atoms. The summed E-state index contributed by atoms with van der Waals surface area (Å²) >= 11 is 0. The molecular formula is C18H17N5O4. The number of amides is 3. The van der Waals surface area contributed by atoms with Crippen molar-refractivity contribution in [3.8, 4) is 0 Å². The van der Waals surface area contributed by atoms with Gasteiger partial charge in [0.05, 0.1) is 5.69 Å². The highest BCUT2D eigenvalue weighted by molar-refractivity contribution is 5.99. The van der Waals surface area contributed by atoms with E-state index in [1.54, 1.807) is 19.2 Å². The lowest BCUT2D eigenvalue weighted by Crippen LogP contribution is -2.41. The van der Waals surface area contributed by atoms with Crippen LogP contribution in [0, 0.1) is 6.92 Å². The molecule has 0 saturated carbocycles. The fourth-order valence-electron chi connectivity index (χ4n) is 2.42. The highest BCUT2D eigenvalue weighted by atomic mass is 16.5. The summed E-state index contributed by atoms with van der Waals surface area (Å²) in [6, 6.07) is 10.2. The minimum Gasteiger partial charge on any atom is -0.452 e. The van der Waals surface area contributed by atoms with E-state index in [2.05, 4.69) is 20.7 Å². The highest BCUT2D eigenvalue weighted by Crippen LogP contribution is 2.13. The second-order valence-electron chi connectivity index (χ2n) is 5.64. The molecule has 3 amide bonds. The number of rotatable bonds is 5. The predicted molar refractivity (Wildman–Crippen MR) is 94.8 cm³/mol. The van der Waals surface area contributed by atoms with Gasteiger partial charge in [0.2, 0.25) is 0 Å². The second-order valence-corrected chi connectivity index (χ2v) is 5.64. The summed E-state index contributed by atoms with van der Waals surface area (Å²) in [7, 11) is 0. The number of ether oxygens (including phenoxy) is 1. The summed E-state index contributed by atoms with van der Waals surface area (Å²) in [5.74, 6) is -1.47. The molecule has 9 nitrogen and oxygen atoms in total. The van der Waals surface area contributed by atoms with E-state index in [4.69, 9.17) is 4.74 Å². The van der Waals surface area contributed by atoms with Crippen molar-refractivity contribution in [1.29, 1.82) is 0 Å². The van der Waals surface area contributed by atoms with E-state index in [0.29, 0.717) is 11.3 Å². The number of nitrogens with one attached hydrogen (secondary N) is 2. The zero-order valence-corrected chi connectivity index (χ0v) is 14.5. The molecule has 0 saturated heterocycles. The number of nitrogens with zero attached hydrogens (tertiary/aromatic N) is 3. The third-order valence-electron chi connectivity index (χ3n) is 3.66. The van der Waals surface area contributed by atoms with E-state index in [1.165, 1.54) is 10.7 Å². The van der Waals surface area contributed by atoms with Crippen LogP contribution >= 0.6 is 0 Å².